The molecule has 0 bridgehead atoms. The third-order valence-electron chi connectivity index (χ3n) is 3.19. The van der Waals surface area contributed by atoms with Crippen LogP contribution >= 0.6 is 27.3 Å². The third-order valence-corrected chi connectivity index (χ3v) is 4.94. The third kappa shape index (κ3) is 2.31. The Labute approximate surface area is 120 Å². The van der Waals surface area contributed by atoms with Crippen molar-refractivity contribution in [2.75, 3.05) is 7.11 Å². The Morgan fingerprint density at radius 2 is 2.00 bits per heavy atom. The van der Waals surface area contributed by atoms with Crippen LogP contribution in [-0.4, -0.2) is 12.1 Å². The Kier molecular flexibility index (Phi) is 4.07. The summed E-state index contributed by atoms with van der Waals surface area (Å²) in [6.07, 6.45) is 0. The molecular formula is C14H16BrNOS. The van der Waals surface area contributed by atoms with Gasteiger partial charge in [0.25, 0.3) is 0 Å². The average molecular weight is 326 g/mol. The molecule has 1 aromatic heterocycles. The Balaban J connectivity index is 2.60. The van der Waals surface area contributed by atoms with Crippen LogP contribution in [0.25, 0.3) is 11.3 Å². The summed E-state index contributed by atoms with van der Waals surface area (Å²) < 4.78 is 5.40. The van der Waals surface area contributed by atoms with Crippen molar-refractivity contribution >= 4 is 27.3 Å². The predicted octanol–water partition coefficient (Wildman–Crippen LogP) is 4.64. The Bertz CT molecular complexity index is 577. The maximum atomic E-state index is 5.40. The summed E-state index contributed by atoms with van der Waals surface area (Å²) in [5.74, 6) is 0.949. The molecule has 0 fully saturated rings. The first-order valence-electron chi connectivity index (χ1n) is 5.74. The number of halogens is 1. The molecule has 96 valence electrons. The molecule has 0 unspecified atom stereocenters. The van der Waals surface area contributed by atoms with Gasteiger partial charge in [-0.2, -0.15) is 0 Å². The van der Waals surface area contributed by atoms with E-state index in [0.717, 1.165) is 21.8 Å². The van der Waals surface area contributed by atoms with E-state index in [9.17, 15) is 0 Å². The predicted molar refractivity (Wildman–Crippen MR) is 80.9 cm³/mol. The highest BCUT2D eigenvalue weighted by Crippen LogP contribution is 2.35. The highest BCUT2D eigenvalue weighted by Gasteiger charge is 2.14. The summed E-state index contributed by atoms with van der Waals surface area (Å²) in [4.78, 5) is 4.65. The van der Waals surface area contributed by atoms with E-state index < -0.39 is 0 Å². The van der Waals surface area contributed by atoms with Gasteiger partial charge in [-0.3, -0.25) is 0 Å². The SMILES string of the molecule is COc1cc(C)c(-c2csc(CBr)n2)c(C)c1C. The minimum atomic E-state index is 0.810. The molecule has 1 aromatic carbocycles. The topological polar surface area (TPSA) is 22.1 Å². The van der Waals surface area contributed by atoms with E-state index in [2.05, 4.69) is 53.1 Å². The summed E-state index contributed by atoms with van der Waals surface area (Å²) in [6.45, 7) is 6.33. The van der Waals surface area contributed by atoms with Crippen LogP contribution in [0.15, 0.2) is 11.4 Å². The van der Waals surface area contributed by atoms with E-state index >= 15 is 0 Å². The number of alkyl halides is 1. The van der Waals surface area contributed by atoms with E-state index in [1.807, 2.05) is 0 Å². The first-order valence-corrected chi connectivity index (χ1v) is 7.74. The molecule has 4 heteroatoms. The Hall–Kier alpha value is -0.870. The fourth-order valence-corrected chi connectivity index (χ4v) is 3.29. The lowest BCUT2D eigenvalue weighted by atomic mass is 9.95. The Morgan fingerprint density at radius 1 is 1.28 bits per heavy atom. The van der Waals surface area contributed by atoms with Gasteiger partial charge >= 0.3 is 0 Å². The van der Waals surface area contributed by atoms with Gasteiger partial charge in [-0.25, -0.2) is 4.98 Å². The van der Waals surface area contributed by atoms with Gasteiger partial charge in [0.1, 0.15) is 10.8 Å². The van der Waals surface area contributed by atoms with Crippen molar-refractivity contribution in [1.29, 1.82) is 0 Å². The zero-order valence-corrected chi connectivity index (χ0v) is 13.4. The minimum Gasteiger partial charge on any atom is -0.496 e. The molecule has 2 aromatic rings. The maximum absolute atomic E-state index is 5.40. The first kappa shape index (κ1) is 13.6. The molecule has 0 aliphatic carbocycles. The van der Waals surface area contributed by atoms with Crippen LogP contribution in [0.5, 0.6) is 5.75 Å². The lowest BCUT2D eigenvalue weighted by molar-refractivity contribution is 0.411. The van der Waals surface area contributed by atoms with Crippen LogP contribution < -0.4 is 4.74 Å². The first-order chi connectivity index (χ1) is 8.58. The fourth-order valence-electron chi connectivity index (χ4n) is 2.14. The largest absolute Gasteiger partial charge is 0.496 e. The van der Waals surface area contributed by atoms with Gasteiger partial charge in [0.05, 0.1) is 18.1 Å². The minimum absolute atomic E-state index is 0.810. The number of nitrogens with zero attached hydrogens (tertiary/aromatic N) is 1. The molecule has 1 heterocycles. The van der Waals surface area contributed by atoms with Crippen LogP contribution in [0.4, 0.5) is 0 Å². The van der Waals surface area contributed by atoms with Crippen molar-refractivity contribution < 1.29 is 4.74 Å². The van der Waals surface area contributed by atoms with Crippen molar-refractivity contribution in [3.63, 3.8) is 0 Å². The van der Waals surface area contributed by atoms with Crippen LogP contribution in [0.3, 0.4) is 0 Å². The van der Waals surface area contributed by atoms with Gasteiger partial charge in [0.15, 0.2) is 0 Å². The number of benzene rings is 1. The van der Waals surface area contributed by atoms with Gasteiger partial charge in [0, 0.05) is 10.9 Å². The van der Waals surface area contributed by atoms with Crippen LogP contribution in [0, 0.1) is 20.8 Å². The Morgan fingerprint density at radius 3 is 2.56 bits per heavy atom. The lowest BCUT2D eigenvalue weighted by Gasteiger charge is -2.14. The lowest BCUT2D eigenvalue weighted by Crippen LogP contribution is -1.96. The van der Waals surface area contributed by atoms with Crippen molar-refractivity contribution in [2.45, 2.75) is 26.1 Å². The van der Waals surface area contributed by atoms with Gasteiger partial charge in [-0.15, -0.1) is 11.3 Å². The van der Waals surface area contributed by atoms with E-state index in [-0.39, 0.29) is 0 Å². The van der Waals surface area contributed by atoms with Gasteiger partial charge in [0.2, 0.25) is 0 Å². The normalized spacial score (nSPS) is 10.7. The van der Waals surface area contributed by atoms with Gasteiger partial charge in [-0.05, 0) is 43.5 Å². The van der Waals surface area contributed by atoms with Gasteiger partial charge < -0.3 is 4.74 Å². The summed E-state index contributed by atoms with van der Waals surface area (Å²) >= 11 is 5.13. The van der Waals surface area contributed by atoms with Crippen LogP contribution in [0.1, 0.15) is 21.7 Å². The number of hydrogen-bond donors (Lipinski definition) is 0. The number of hydrogen-bond acceptors (Lipinski definition) is 3. The average Bonchev–Trinajstić information content (AvgIpc) is 2.82. The summed E-state index contributed by atoms with van der Waals surface area (Å²) in [5.41, 5.74) is 5.94. The molecule has 0 atom stereocenters. The molecular weight excluding hydrogens is 310 g/mol. The molecule has 0 radical (unpaired) electrons. The molecule has 0 aliphatic rings. The molecule has 0 saturated carbocycles. The zero-order chi connectivity index (χ0) is 13.3. The molecule has 0 aliphatic heterocycles. The van der Waals surface area contributed by atoms with E-state index in [1.54, 1.807) is 18.4 Å². The van der Waals surface area contributed by atoms with E-state index in [1.165, 1.54) is 22.3 Å². The highest BCUT2D eigenvalue weighted by atomic mass is 79.9. The monoisotopic (exact) mass is 325 g/mol. The van der Waals surface area contributed by atoms with Crippen molar-refractivity contribution in [3.05, 3.63) is 33.1 Å². The second-order valence-corrected chi connectivity index (χ2v) is 5.78. The van der Waals surface area contributed by atoms with Crippen LogP contribution in [-0.2, 0) is 5.33 Å². The van der Waals surface area contributed by atoms with Crippen molar-refractivity contribution in [3.8, 4) is 17.0 Å². The summed E-state index contributed by atoms with van der Waals surface area (Å²) in [6, 6.07) is 2.09. The van der Waals surface area contributed by atoms with Crippen molar-refractivity contribution in [1.82, 2.24) is 4.98 Å². The molecule has 2 rings (SSSR count). The summed E-state index contributed by atoms with van der Waals surface area (Å²) in [7, 11) is 1.71. The number of ether oxygens (including phenoxy) is 1. The van der Waals surface area contributed by atoms with E-state index in [4.69, 9.17) is 4.74 Å². The smallest absolute Gasteiger partial charge is 0.122 e. The zero-order valence-electron chi connectivity index (χ0n) is 11.0. The molecule has 0 amide bonds. The number of rotatable bonds is 3. The number of aromatic nitrogens is 1. The molecule has 0 saturated heterocycles. The number of methoxy groups -OCH3 is 1. The highest BCUT2D eigenvalue weighted by molar-refractivity contribution is 9.08. The molecule has 2 nitrogen and oxygen atoms in total. The quantitative estimate of drug-likeness (QED) is 0.767. The molecule has 0 N–H and O–H groups in total. The molecule has 18 heavy (non-hydrogen) atoms. The van der Waals surface area contributed by atoms with E-state index in [0.29, 0.717) is 0 Å². The molecule has 0 spiro atoms. The fraction of sp³-hybridized carbons (Fsp3) is 0.357. The van der Waals surface area contributed by atoms with Crippen LogP contribution in [0.2, 0.25) is 0 Å². The van der Waals surface area contributed by atoms with Gasteiger partial charge in [-0.1, -0.05) is 15.9 Å². The standard InChI is InChI=1S/C14H16BrNOS/c1-8-5-12(17-4)9(2)10(3)14(8)11-7-18-13(6-15)16-11/h5,7H,6H2,1-4H3. The maximum Gasteiger partial charge on any atom is 0.122 e. The second kappa shape index (κ2) is 5.41. The second-order valence-electron chi connectivity index (χ2n) is 4.28. The summed E-state index contributed by atoms with van der Waals surface area (Å²) in [5, 5.41) is 4.04. The number of thiazole rings is 1. The van der Waals surface area contributed by atoms with Crippen molar-refractivity contribution in [2.24, 2.45) is 0 Å². The number of aryl methyl sites for hydroxylation is 1.